The van der Waals surface area contributed by atoms with Gasteiger partial charge in [0.2, 0.25) is 0 Å². The molecule has 8 nitrogen and oxygen atoms in total. The van der Waals surface area contributed by atoms with Gasteiger partial charge >= 0.3 is 5.97 Å². The number of carbonyl (C=O) groups is 2. The predicted octanol–water partition coefficient (Wildman–Crippen LogP) is 4.55. The number of aromatic nitrogens is 2. The molecule has 0 saturated carbocycles. The van der Waals surface area contributed by atoms with Crippen molar-refractivity contribution in [3.63, 3.8) is 0 Å². The molecule has 33 heavy (non-hydrogen) atoms. The van der Waals surface area contributed by atoms with Crippen molar-refractivity contribution in [1.82, 2.24) is 9.97 Å². The number of ether oxygens (including phenoxy) is 1. The van der Waals surface area contributed by atoms with E-state index in [-0.39, 0.29) is 5.56 Å². The minimum Gasteiger partial charge on any atom is -0.461 e. The Morgan fingerprint density at radius 3 is 2.55 bits per heavy atom. The maximum absolute atomic E-state index is 12.7. The first kappa shape index (κ1) is 22.8. The van der Waals surface area contributed by atoms with E-state index in [4.69, 9.17) is 9.15 Å². The third-order valence-electron chi connectivity index (χ3n) is 5.40. The molecule has 2 aromatic heterocycles. The van der Waals surface area contributed by atoms with Crippen LogP contribution in [-0.4, -0.2) is 47.8 Å². The third kappa shape index (κ3) is 5.54. The molecule has 3 heterocycles. The molecule has 1 aromatic carbocycles. The zero-order chi connectivity index (χ0) is 23.2. The van der Waals surface area contributed by atoms with Gasteiger partial charge in [-0.05, 0) is 68.8 Å². The van der Waals surface area contributed by atoms with E-state index in [1.54, 1.807) is 19.1 Å². The maximum Gasteiger partial charge on any atom is 0.343 e. The Balaban J connectivity index is 1.36. The van der Waals surface area contributed by atoms with E-state index < -0.39 is 18.5 Å². The zero-order valence-electron chi connectivity index (χ0n) is 18.7. The van der Waals surface area contributed by atoms with Crippen molar-refractivity contribution in [2.24, 2.45) is 0 Å². The average Bonchev–Trinajstić information content (AvgIpc) is 3.38. The number of hydrogen-bond donors (Lipinski definition) is 1. The Kier molecular flexibility index (Phi) is 7.29. The number of piperidine rings is 1. The van der Waals surface area contributed by atoms with E-state index in [1.165, 1.54) is 37.3 Å². The summed E-state index contributed by atoms with van der Waals surface area (Å²) in [5.41, 5.74) is 2.51. The first-order valence-electron chi connectivity index (χ1n) is 10.8. The zero-order valence-corrected chi connectivity index (χ0v) is 19.5. The fourth-order valence-electron chi connectivity index (χ4n) is 3.75. The molecule has 1 saturated heterocycles. The Hall–Kier alpha value is -3.33. The number of hydrogen-bond acceptors (Lipinski definition) is 8. The lowest BCUT2D eigenvalue weighted by molar-refractivity contribution is -0.119. The van der Waals surface area contributed by atoms with Crippen LogP contribution in [0.1, 0.15) is 35.3 Å². The molecule has 0 aliphatic carbocycles. The number of nitrogens with one attached hydrogen (secondary N) is 1. The van der Waals surface area contributed by atoms with Gasteiger partial charge in [0.25, 0.3) is 5.91 Å². The van der Waals surface area contributed by atoms with Crippen LogP contribution in [0.15, 0.2) is 52.1 Å². The molecule has 3 aromatic rings. The quantitative estimate of drug-likeness (QED) is 0.308. The van der Waals surface area contributed by atoms with Crippen LogP contribution in [0.4, 0.5) is 11.4 Å². The molecular weight excluding hydrogens is 440 g/mol. The summed E-state index contributed by atoms with van der Waals surface area (Å²) < 4.78 is 10.6. The minimum atomic E-state index is -0.640. The number of furan rings is 1. The summed E-state index contributed by atoms with van der Waals surface area (Å²) in [5.74, 6) is -0.146. The summed E-state index contributed by atoms with van der Waals surface area (Å²) in [6.07, 6.45) is 7.04. The van der Waals surface area contributed by atoms with Crippen LogP contribution in [0.25, 0.3) is 11.6 Å². The highest BCUT2D eigenvalue weighted by Crippen LogP contribution is 2.26. The summed E-state index contributed by atoms with van der Waals surface area (Å²) in [6.45, 7) is 3.42. The summed E-state index contributed by atoms with van der Waals surface area (Å²) in [4.78, 5) is 36.2. The topological polar surface area (TPSA) is 97.6 Å². The lowest BCUT2D eigenvalue weighted by atomic mass is 10.1. The van der Waals surface area contributed by atoms with E-state index in [2.05, 4.69) is 20.2 Å². The number of benzene rings is 1. The molecule has 1 fully saturated rings. The molecular formula is C24H26N4O4S. The molecule has 0 atom stereocenters. The lowest BCUT2D eigenvalue weighted by Gasteiger charge is -2.28. The molecule has 0 bridgehead atoms. The Labute approximate surface area is 196 Å². The van der Waals surface area contributed by atoms with E-state index >= 15 is 0 Å². The number of rotatable bonds is 7. The van der Waals surface area contributed by atoms with E-state index in [1.807, 2.05) is 30.5 Å². The molecule has 0 unspecified atom stereocenters. The minimum absolute atomic E-state index is 0.247. The van der Waals surface area contributed by atoms with Crippen LogP contribution >= 0.6 is 11.8 Å². The first-order valence-corrected chi connectivity index (χ1v) is 12.1. The monoisotopic (exact) mass is 466 g/mol. The second-order valence-corrected chi connectivity index (χ2v) is 8.51. The Morgan fingerprint density at radius 1 is 1.12 bits per heavy atom. The van der Waals surface area contributed by atoms with Crippen molar-refractivity contribution in [3.05, 3.63) is 53.9 Å². The van der Waals surface area contributed by atoms with Gasteiger partial charge in [0, 0.05) is 24.5 Å². The second kappa shape index (κ2) is 10.5. The molecule has 4 rings (SSSR count). The molecule has 9 heteroatoms. The predicted molar refractivity (Wildman–Crippen MR) is 128 cm³/mol. The average molecular weight is 467 g/mol. The molecule has 0 spiro atoms. The Morgan fingerprint density at radius 2 is 1.88 bits per heavy atom. The van der Waals surface area contributed by atoms with E-state index in [0.29, 0.717) is 28.0 Å². The molecule has 172 valence electrons. The number of nitrogens with zero attached hydrogens (tertiary/aromatic N) is 3. The number of carbonyl (C=O) groups excluding carboxylic acids is 2. The van der Waals surface area contributed by atoms with Crippen LogP contribution in [-0.2, 0) is 9.53 Å². The molecule has 1 aliphatic rings. The molecule has 0 radical (unpaired) electrons. The number of anilines is 2. The smallest absolute Gasteiger partial charge is 0.343 e. The van der Waals surface area contributed by atoms with E-state index in [0.717, 1.165) is 18.8 Å². The van der Waals surface area contributed by atoms with Gasteiger partial charge < -0.3 is 19.4 Å². The second-order valence-electron chi connectivity index (χ2n) is 7.71. The van der Waals surface area contributed by atoms with Gasteiger partial charge in [-0.3, -0.25) is 4.79 Å². The van der Waals surface area contributed by atoms with Gasteiger partial charge in [0.05, 0.1) is 12.0 Å². The number of aryl methyl sites for hydroxylation is 1. The first-order chi connectivity index (χ1) is 16.0. The number of amides is 1. The van der Waals surface area contributed by atoms with Gasteiger partial charge in [0.15, 0.2) is 18.2 Å². The van der Waals surface area contributed by atoms with Crippen LogP contribution < -0.4 is 10.2 Å². The van der Waals surface area contributed by atoms with Crippen molar-refractivity contribution in [2.75, 3.05) is 36.2 Å². The van der Waals surface area contributed by atoms with Crippen molar-refractivity contribution in [1.29, 1.82) is 0 Å². The van der Waals surface area contributed by atoms with Crippen molar-refractivity contribution >= 4 is 35.0 Å². The maximum atomic E-state index is 12.7. The SMILES string of the molecule is CSc1nc(-c2ccco2)nc(C)c1C(=O)OCC(=O)Nc1ccc(N2CCCCC2)cc1. The standard InChI is InChI=1S/C24H26N4O4S/c1-16-21(23(33-2)27-22(25-16)19-7-6-14-31-19)24(30)32-15-20(29)26-17-8-10-18(11-9-17)28-12-4-3-5-13-28/h6-11,14H,3-5,12-13,15H2,1-2H3,(H,26,29). The van der Waals surface area contributed by atoms with Gasteiger partial charge in [-0.25, -0.2) is 14.8 Å². The fraction of sp³-hybridized carbons (Fsp3) is 0.333. The molecule has 1 amide bonds. The molecule has 1 N–H and O–H groups in total. The largest absolute Gasteiger partial charge is 0.461 e. The summed E-state index contributed by atoms with van der Waals surface area (Å²) >= 11 is 1.30. The van der Waals surface area contributed by atoms with Gasteiger partial charge in [-0.15, -0.1) is 11.8 Å². The van der Waals surface area contributed by atoms with Crippen molar-refractivity contribution in [3.8, 4) is 11.6 Å². The van der Waals surface area contributed by atoms with Crippen molar-refractivity contribution in [2.45, 2.75) is 31.2 Å². The lowest BCUT2D eigenvalue weighted by Crippen LogP contribution is -2.29. The van der Waals surface area contributed by atoms with Crippen LogP contribution in [0, 0.1) is 6.92 Å². The number of thioether (sulfide) groups is 1. The summed E-state index contributed by atoms with van der Waals surface area (Å²) in [7, 11) is 0. The highest BCUT2D eigenvalue weighted by molar-refractivity contribution is 7.98. The third-order valence-corrected chi connectivity index (χ3v) is 6.08. The highest BCUT2D eigenvalue weighted by atomic mass is 32.2. The highest BCUT2D eigenvalue weighted by Gasteiger charge is 2.22. The van der Waals surface area contributed by atoms with Crippen LogP contribution in [0.2, 0.25) is 0 Å². The van der Waals surface area contributed by atoms with Gasteiger partial charge in [-0.1, -0.05) is 0 Å². The van der Waals surface area contributed by atoms with Crippen molar-refractivity contribution < 1.29 is 18.7 Å². The summed E-state index contributed by atoms with van der Waals surface area (Å²) in [6, 6.07) is 11.2. The summed E-state index contributed by atoms with van der Waals surface area (Å²) in [5, 5.41) is 3.23. The van der Waals surface area contributed by atoms with E-state index in [9.17, 15) is 9.59 Å². The van der Waals surface area contributed by atoms with Gasteiger partial charge in [-0.2, -0.15) is 0 Å². The Bertz CT molecular complexity index is 1110. The number of esters is 1. The molecule has 1 aliphatic heterocycles. The normalized spacial score (nSPS) is 13.6. The van der Waals surface area contributed by atoms with Crippen LogP contribution in [0.3, 0.4) is 0 Å². The van der Waals surface area contributed by atoms with Crippen LogP contribution in [0.5, 0.6) is 0 Å². The fourth-order valence-corrected chi connectivity index (χ4v) is 4.37. The van der Waals surface area contributed by atoms with Gasteiger partial charge in [0.1, 0.15) is 10.6 Å².